The lowest BCUT2D eigenvalue weighted by Crippen LogP contribution is -2.49. The van der Waals surface area contributed by atoms with Crippen molar-refractivity contribution in [2.75, 3.05) is 44.2 Å². The topological polar surface area (TPSA) is 52.9 Å². The maximum absolute atomic E-state index is 12.8. The van der Waals surface area contributed by atoms with Crippen molar-refractivity contribution in [3.63, 3.8) is 0 Å². The third-order valence-corrected chi connectivity index (χ3v) is 4.27. The van der Waals surface area contributed by atoms with E-state index in [4.69, 9.17) is 0 Å². The normalized spacial score (nSPS) is 16.0. The number of nitrogens with one attached hydrogen (secondary N) is 1. The minimum absolute atomic E-state index is 0.0436. The number of amides is 1. The Morgan fingerprint density at radius 1 is 1.23 bits per heavy atom. The van der Waals surface area contributed by atoms with E-state index in [1.165, 1.54) is 4.40 Å². The quantitative estimate of drug-likeness (QED) is 0.819. The molecule has 9 heteroatoms. The third kappa shape index (κ3) is 4.16. The highest BCUT2D eigenvalue weighted by atomic mass is 19.4. The molecule has 1 aliphatic heterocycles. The molecule has 0 atom stereocenters. The molecule has 0 aliphatic carbocycles. The summed E-state index contributed by atoms with van der Waals surface area (Å²) in [5, 5.41) is 2.74. The first-order valence-corrected chi connectivity index (χ1v) is 8.27. The Labute approximate surface area is 148 Å². The van der Waals surface area contributed by atoms with Gasteiger partial charge in [0, 0.05) is 45.1 Å². The van der Waals surface area contributed by atoms with E-state index in [0.29, 0.717) is 39.3 Å². The Hall–Kier alpha value is -2.55. The van der Waals surface area contributed by atoms with Gasteiger partial charge in [0.05, 0.1) is 12.2 Å². The van der Waals surface area contributed by atoms with E-state index in [-0.39, 0.29) is 11.6 Å². The number of halogens is 3. The Balaban J connectivity index is 1.62. The van der Waals surface area contributed by atoms with Crippen LogP contribution in [-0.4, -0.2) is 59.5 Å². The van der Waals surface area contributed by atoms with Crippen molar-refractivity contribution < 1.29 is 18.0 Å². The van der Waals surface area contributed by atoms with Gasteiger partial charge >= 0.3 is 6.18 Å². The molecule has 140 valence electrons. The Morgan fingerprint density at radius 2 is 1.96 bits per heavy atom. The van der Waals surface area contributed by atoms with Gasteiger partial charge in [-0.3, -0.25) is 9.69 Å². The molecule has 0 aromatic carbocycles. The van der Waals surface area contributed by atoms with Crippen LogP contribution in [-0.2, 0) is 11.0 Å². The molecule has 26 heavy (non-hydrogen) atoms. The van der Waals surface area contributed by atoms with Crippen LogP contribution in [0.5, 0.6) is 0 Å². The summed E-state index contributed by atoms with van der Waals surface area (Å²) in [6.45, 7) is 7.14. The fourth-order valence-electron chi connectivity index (χ4n) is 2.91. The molecule has 1 N–H and O–H groups in total. The summed E-state index contributed by atoms with van der Waals surface area (Å²) in [5.74, 6) is -0.0436. The van der Waals surface area contributed by atoms with Crippen molar-refractivity contribution in [3.8, 4) is 0 Å². The summed E-state index contributed by atoms with van der Waals surface area (Å²) in [5.41, 5.74) is 0.197. The van der Waals surface area contributed by atoms with E-state index in [2.05, 4.69) is 21.8 Å². The number of fused-ring (bicyclic) bond motifs is 1. The van der Waals surface area contributed by atoms with E-state index in [1.807, 2.05) is 4.90 Å². The average molecular weight is 367 g/mol. The summed E-state index contributed by atoms with van der Waals surface area (Å²) in [6, 6.07) is 3.36. The molecule has 0 bridgehead atoms. The number of piperazine rings is 1. The zero-order valence-electron chi connectivity index (χ0n) is 14.2. The van der Waals surface area contributed by atoms with E-state index in [1.54, 1.807) is 24.4 Å². The number of carbonyl (C=O) groups is 1. The van der Waals surface area contributed by atoms with Crippen LogP contribution in [0.25, 0.3) is 5.65 Å². The lowest BCUT2D eigenvalue weighted by Gasteiger charge is -2.35. The number of aromatic nitrogens is 2. The van der Waals surface area contributed by atoms with Crippen LogP contribution >= 0.6 is 0 Å². The van der Waals surface area contributed by atoms with Crippen LogP contribution in [0.1, 0.15) is 5.69 Å². The first-order chi connectivity index (χ1) is 12.4. The van der Waals surface area contributed by atoms with Crippen LogP contribution in [0.2, 0.25) is 0 Å². The fraction of sp³-hybridized carbons (Fsp3) is 0.412. The lowest BCUT2D eigenvalue weighted by atomic mass is 10.2. The van der Waals surface area contributed by atoms with E-state index < -0.39 is 11.9 Å². The monoisotopic (exact) mass is 367 g/mol. The first-order valence-electron chi connectivity index (χ1n) is 8.27. The molecule has 3 heterocycles. The van der Waals surface area contributed by atoms with Crippen LogP contribution in [0, 0.1) is 0 Å². The zero-order chi connectivity index (χ0) is 18.7. The van der Waals surface area contributed by atoms with Crippen molar-refractivity contribution in [2.24, 2.45) is 0 Å². The second-order valence-electron chi connectivity index (χ2n) is 6.13. The van der Waals surface area contributed by atoms with Gasteiger partial charge in [-0.25, -0.2) is 4.98 Å². The minimum Gasteiger partial charge on any atom is -0.368 e. The predicted molar refractivity (Wildman–Crippen MR) is 92.1 cm³/mol. The van der Waals surface area contributed by atoms with Crippen molar-refractivity contribution in [3.05, 3.63) is 42.9 Å². The van der Waals surface area contributed by atoms with Gasteiger partial charge in [-0.2, -0.15) is 13.2 Å². The Morgan fingerprint density at radius 3 is 2.62 bits per heavy atom. The first kappa shape index (κ1) is 18.2. The Kier molecular flexibility index (Phi) is 5.17. The van der Waals surface area contributed by atoms with E-state index in [9.17, 15) is 18.0 Å². The second-order valence-corrected chi connectivity index (χ2v) is 6.13. The van der Waals surface area contributed by atoms with Crippen molar-refractivity contribution in [1.82, 2.24) is 19.6 Å². The lowest BCUT2D eigenvalue weighted by molar-refractivity contribution is -0.140. The Bertz CT molecular complexity index is 793. The van der Waals surface area contributed by atoms with Crippen LogP contribution in [0.4, 0.5) is 18.9 Å². The van der Waals surface area contributed by atoms with Crippen LogP contribution in [0.15, 0.2) is 37.2 Å². The number of imidazole rings is 1. The number of pyridine rings is 1. The molecule has 0 saturated carbocycles. The van der Waals surface area contributed by atoms with Gasteiger partial charge < -0.3 is 14.6 Å². The maximum Gasteiger partial charge on any atom is 0.434 e. The number of nitrogens with zero attached hydrogens (tertiary/aromatic N) is 4. The molecular formula is C17H20F3N5O. The molecule has 2 aromatic rings. The number of alkyl halides is 3. The molecular weight excluding hydrogens is 347 g/mol. The minimum atomic E-state index is -4.45. The van der Waals surface area contributed by atoms with E-state index in [0.717, 1.165) is 11.9 Å². The summed E-state index contributed by atoms with van der Waals surface area (Å²) in [7, 11) is 0. The molecule has 0 unspecified atom stereocenters. The molecule has 6 nitrogen and oxygen atoms in total. The molecule has 0 radical (unpaired) electrons. The molecule has 2 aromatic heterocycles. The third-order valence-electron chi connectivity index (χ3n) is 4.27. The SMILES string of the molecule is C=CCNC(=O)CN1CCN(c2ccc3nc(C(F)(F)F)cn3c2)CC1. The number of anilines is 1. The van der Waals surface area contributed by atoms with Gasteiger partial charge in [0.25, 0.3) is 0 Å². The summed E-state index contributed by atoms with van der Waals surface area (Å²) >= 11 is 0. The molecule has 1 aliphatic rings. The number of hydrogen-bond acceptors (Lipinski definition) is 4. The highest BCUT2D eigenvalue weighted by molar-refractivity contribution is 5.78. The molecule has 1 saturated heterocycles. The summed E-state index contributed by atoms with van der Waals surface area (Å²) < 4.78 is 39.7. The van der Waals surface area contributed by atoms with Crippen LogP contribution < -0.4 is 10.2 Å². The molecule has 0 spiro atoms. The molecule has 1 fully saturated rings. The highest BCUT2D eigenvalue weighted by Gasteiger charge is 2.34. The summed E-state index contributed by atoms with van der Waals surface area (Å²) in [4.78, 5) is 19.5. The van der Waals surface area contributed by atoms with Crippen molar-refractivity contribution in [2.45, 2.75) is 6.18 Å². The van der Waals surface area contributed by atoms with Gasteiger partial charge in [0.1, 0.15) is 5.65 Å². The maximum atomic E-state index is 12.8. The standard InChI is InChI=1S/C17H20F3N5O/c1-2-5-21-16(26)12-23-6-8-24(9-7-23)13-3-4-15-22-14(17(18,19)20)11-25(15)10-13/h2-4,10-11H,1,5-9,12H2,(H,21,26). The van der Waals surface area contributed by atoms with E-state index >= 15 is 0 Å². The number of hydrogen-bond donors (Lipinski definition) is 1. The average Bonchev–Trinajstić information content (AvgIpc) is 3.04. The van der Waals surface area contributed by atoms with Crippen molar-refractivity contribution in [1.29, 1.82) is 0 Å². The van der Waals surface area contributed by atoms with Gasteiger partial charge in [-0.15, -0.1) is 6.58 Å². The molecule has 1 amide bonds. The predicted octanol–water partition coefficient (Wildman–Crippen LogP) is 1.78. The fourth-order valence-corrected chi connectivity index (χ4v) is 2.91. The van der Waals surface area contributed by atoms with Gasteiger partial charge in [0.15, 0.2) is 5.69 Å². The molecule has 3 rings (SSSR count). The van der Waals surface area contributed by atoms with Crippen molar-refractivity contribution >= 4 is 17.2 Å². The zero-order valence-corrected chi connectivity index (χ0v) is 14.2. The smallest absolute Gasteiger partial charge is 0.368 e. The van der Waals surface area contributed by atoms with Crippen LogP contribution in [0.3, 0.4) is 0 Å². The summed E-state index contributed by atoms with van der Waals surface area (Å²) in [6.07, 6.45) is -0.167. The largest absolute Gasteiger partial charge is 0.434 e. The number of carbonyl (C=O) groups excluding carboxylic acids is 1. The number of rotatable bonds is 5. The van der Waals surface area contributed by atoms with Gasteiger partial charge in [-0.1, -0.05) is 6.08 Å². The van der Waals surface area contributed by atoms with Gasteiger partial charge in [-0.05, 0) is 12.1 Å². The highest BCUT2D eigenvalue weighted by Crippen LogP contribution is 2.29. The van der Waals surface area contributed by atoms with Gasteiger partial charge in [0.2, 0.25) is 5.91 Å². The second kappa shape index (κ2) is 7.36.